The lowest BCUT2D eigenvalue weighted by atomic mass is 10.1. The third kappa shape index (κ3) is 3.08. The third-order valence-electron chi connectivity index (χ3n) is 4.12. The van der Waals surface area contributed by atoms with Crippen LogP contribution in [0.1, 0.15) is 21.6 Å². The minimum absolute atomic E-state index is 0.196. The Kier molecular flexibility index (Phi) is 3.90. The Morgan fingerprint density at radius 2 is 2.08 bits per heavy atom. The van der Waals surface area contributed by atoms with Gasteiger partial charge in [0.2, 0.25) is 0 Å². The molecule has 4 rings (SSSR count). The summed E-state index contributed by atoms with van der Waals surface area (Å²) in [6, 6.07) is 13.5. The molecule has 0 saturated heterocycles. The van der Waals surface area contributed by atoms with E-state index in [1.54, 1.807) is 12.3 Å². The van der Waals surface area contributed by atoms with Crippen molar-refractivity contribution in [3.63, 3.8) is 0 Å². The highest BCUT2D eigenvalue weighted by Crippen LogP contribution is 2.29. The highest BCUT2D eigenvalue weighted by molar-refractivity contribution is 6.07. The molecule has 1 aliphatic rings. The second-order valence-corrected chi connectivity index (χ2v) is 5.97. The Bertz CT molecular complexity index is 972. The maximum absolute atomic E-state index is 12.7. The molecular weight excluding hydrogens is 316 g/mol. The number of fused-ring (bicyclic) bond motifs is 2. The Balaban J connectivity index is 1.65. The number of hydrogen-bond donors (Lipinski definition) is 2. The molecule has 1 aliphatic heterocycles. The third-order valence-corrected chi connectivity index (χ3v) is 4.12. The summed E-state index contributed by atoms with van der Waals surface area (Å²) in [7, 11) is 0. The van der Waals surface area contributed by atoms with E-state index in [-0.39, 0.29) is 5.91 Å². The number of ether oxygens (including phenoxy) is 2. The molecule has 3 aromatic rings. The Morgan fingerprint density at radius 1 is 1.16 bits per heavy atom. The van der Waals surface area contributed by atoms with Gasteiger partial charge in [0.1, 0.15) is 24.7 Å². The molecule has 5 nitrogen and oxygen atoms in total. The largest absolute Gasteiger partial charge is 0.498 e. The van der Waals surface area contributed by atoms with E-state index in [2.05, 4.69) is 16.4 Å². The monoisotopic (exact) mass is 334 g/mol. The van der Waals surface area contributed by atoms with Crippen LogP contribution in [0, 0.1) is 6.92 Å². The van der Waals surface area contributed by atoms with Crippen molar-refractivity contribution >= 4 is 28.6 Å². The van der Waals surface area contributed by atoms with Crippen LogP contribution in [0.5, 0.6) is 5.75 Å². The molecule has 0 fully saturated rings. The summed E-state index contributed by atoms with van der Waals surface area (Å²) in [5.74, 6) is 0.531. The van der Waals surface area contributed by atoms with Crippen LogP contribution in [0.3, 0.4) is 0 Å². The van der Waals surface area contributed by atoms with Crippen LogP contribution in [0.4, 0.5) is 5.69 Å². The number of amides is 1. The van der Waals surface area contributed by atoms with Crippen LogP contribution in [-0.2, 0) is 4.74 Å². The lowest BCUT2D eigenvalue weighted by Crippen LogP contribution is -2.14. The van der Waals surface area contributed by atoms with Crippen molar-refractivity contribution in [3.05, 3.63) is 65.5 Å². The van der Waals surface area contributed by atoms with E-state index >= 15 is 0 Å². The van der Waals surface area contributed by atoms with Crippen LogP contribution in [0.15, 0.2) is 48.7 Å². The summed E-state index contributed by atoms with van der Waals surface area (Å²) in [6.45, 7) is 3.00. The molecule has 1 amide bonds. The Morgan fingerprint density at radius 3 is 3.00 bits per heavy atom. The summed E-state index contributed by atoms with van der Waals surface area (Å²) in [6.07, 6.45) is 3.43. The van der Waals surface area contributed by atoms with Crippen molar-refractivity contribution in [2.45, 2.75) is 6.92 Å². The first-order chi connectivity index (χ1) is 12.2. The molecule has 0 saturated carbocycles. The summed E-state index contributed by atoms with van der Waals surface area (Å²) in [4.78, 5) is 15.8. The molecule has 126 valence electrons. The molecule has 2 aromatic carbocycles. The normalized spacial score (nSPS) is 14.6. The van der Waals surface area contributed by atoms with E-state index in [1.807, 2.05) is 43.3 Å². The summed E-state index contributed by atoms with van der Waals surface area (Å²) in [5, 5.41) is 3.97. The second kappa shape index (κ2) is 6.36. The molecule has 0 radical (unpaired) electrons. The number of carbonyl (C=O) groups is 1. The van der Waals surface area contributed by atoms with Crippen molar-refractivity contribution in [1.82, 2.24) is 4.98 Å². The molecular formula is C20H18N2O3. The molecule has 0 spiro atoms. The first-order valence-corrected chi connectivity index (χ1v) is 8.15. The van der Waals surface area contributed by atoms with Crippen molar-refractivity contribution < 1.29 is 14.3 Å². The fraction of sp³-hybridized carbons (Fsp3) is 0.150. The maximum Gasteiger partial charge on any atom is 0.272 e. The highest BCUT2D eigenvalue weighted by Gasteiger charge is 2.14. The zero-order valence-electron chi connectivity index (χ0n) is 13.8. The van der Waals surface area contributed by atoms with E-state index in [0.717, 1.165) is 27.8 Å². The van der Waals surface area contributed by atoms with Gasteiger partial charge in [-0.1, -0.05) is 17.7 Å². The Labute approximate surface area is 145 Å². The molecule has 0 aliphatic carbocycles. The first-order valence-electron chi connectivity index (χ1n) is 8.15. The minimum Gasteiger partial charge on any atom is -0.498 e. The lowest BCUT2D eigenvalue weighted by Gasteiger charge is -2.15. The van der Waals surface area contributed by atoms with Gasteiger partial charge in [0.05, 0.1) is 11.9 Å². The summed E-state index contributed by atoms with van der Waals surface area (Å²) < 4.78 is 11.0. The number of hydrogen-bond acceptors (Lipinski definition) is 3. The maximum atomic E-state index is 12.7. The average molecular weight is 334 g/mol. The van der Waals surface area contributed by atoms with Crippen LogP contribution >= 0.6 is 0 Å². The van der Waals surface area contributed by atoms with Crippen LogP contribution < -0.4 is 10.1 Å². The minimum atomic E-state index is -0.196. The number of anilines is 1. The number of aromatic nitrogens is 1. The Hall–Kier alpha value is -3.21. The van der Waals surface area contributed by atoms with Crippen LogP contribution in [-0.4, -0.2) is 24.1 Å². The predicted octanol–water partition coefficient (Wildman–Crippen LogP) is 4.11. The number of H-pyrrole nitrogens is 1. The molecule has 2 N–H and O–H groups in total. The number of carbonyl (C=O) groups excluding carboxylic acids is 1. The number of benzene rings is 2. The van der Waals surface area contributed by atoms with Gasteiger partial charge in [0.25, 0.3) is 5.91 Å². The zero-order chi connectivity index (χ0) is 17.2. The standard InChI is InChI=1S/C20H18N2O3/c1-13-5-6-16-14(11-13)12-18(21-16)20(23)22-17-3-2-4-19-15(17)7-8-24-9-10-25-19/h2-8,11-12,21H,9-10H2,1H3,(H,22,23)/b8-7-. The first kappa shape index (κ1) is 15.3. The van der Waals surface area contributed by atoms with E-state index in [9.17, 15) is 4.79 Å². The second-order valence-electron chi connectivity index (χ2n) is 5.97. The van der Waals surface area contributed by atoms with Crippen molar-refractivity contribution in [3.8, 4) is 5.75 Å². The van der Waals surface area contributed by atoms with Gasteiger partial charge in [-0.2, -0.15) is 0 Å². The van der Waals surface area contributed by atoms with E-state index in [1.165, 1.54) is 0 Å². The van der Waals surface area contributed by atoms with Gasteiger partial charge >= 0.3 is 0 Å². The predicted molar refractivity (Wildman–Crippen MR) is 97.9 cm³/mol. The number of aromatic amines is 1. The van der Waals surface area contributed by atoms with Gasteiger partial charge in [0.15, 0.2) is 0 Å². The highest BCUT2D eigenvalue weighted by atomic mass is 16.5. The SMILES string of the molecule is Cc1ccc2[nH]c(C(=O)Nc3cccc4c3/C=C\OCCO4)cc2c1. The van der Waals surface area contributed by atoms with Gasteiger partial charge in [-0.25, -0.2) is 0 Å². The molecule has 5 heteroatoms. The van der Waals surface area contributed by atoms with Crippen molar-refractivity contribution in [2.75, 3.05) is 18.5 Å². The molecule has 25 heavy (non-hydrogen) atoms. The lowest BCUT2D eigenvalue weighted by molar-refractivity contribution is 0.102. The topological polar surface area (TPSA) is 63.4 Å². The van der Waals surface area contributed by atoms with Crippen LogP contribution in [0.2, 0.25) is 0 Å². The molecule has 1 aromatic heterocycles. The van der Waals surface area contributed by atoms with E-state index < -0.39 is 0 Å². The van der Waals surface area contributed by atoms with E-state index in [0.29, 0.717) is 24.6 Å². The van der Waals surface area contributed by atoms with E-state index in [4.69, 9.17) is 9.47 Å². The fourth-order valence-corrected chi connectivity index (χ4v) is 2.90. The van der Waals surface area contributed by atoms with Crippen LogP contribution in [0.25, 0.3) is 17.0 Å². The number of nitrogens with one attached hydrogen (secondary N) is 2. The molecule has 2 heterocycles. The zero-order valence-corrected chi connectivity index (χ0v) is 13.8. The molecule has 0 atom stereocenters. The van der Waals surface area contributed by atoms with Gasteiger partial charge in [-0.05, 0) is 43.3 Å². The average Bonchev–Trinajstić information content (AvgIpc) is 2.99. The van der Waals surface area contributed by atoms with Gasteiger partial charge in [-0.15, -0.1) is 0 Å². The number of aryl methyl sites for hydroxylation is 1. The molecule has 0 unspecified atom stereocenters. The smallest absolute Gasteiger partial charge is 0.272 e. The van der Waals surface area contributed by atoms with Gasteiger partial charge in [0, 0.05) is 16.5 Å². The van der Waals surface area contributed by atoms with Crippen molar-refractivity contribution in [1.29, 1.82) is 0 Å². The van der Waals surface area contributed by atoms with Crippen molar-refractivity contribution in [2.24, 2.45) is 0 Å². The van der Waals surface area contributed by atoms with Gasteiger partial charge < -0.3 is 19.8 Å². The fourth-order valence-electron chi connectivity index (χ4n) is 2.90. The molecule has 0 bridgehead atoms. The summed E-state index contributed by atoms with van der Waals surface area (Å²) in [5.41, 5.74) is 4.09. The quantitative estimate of drug-likeness (QED) is 0.741. The number of rotatable bonds is 2. The van der Waals surface area contributed by atoms with Gasteiger partial charge in [-0.3, -0.25) is 4.79 Å². The summed E-state index contributed by atoms with van der Waals surface area (Å²) >= 11 is 0.